The van der Waals surface area contributed by atoms with Crippen LogP contribution in [0.15, 0.2) is 0 Å². The Morgan fingerprint density at radius 2 is 1.92 bits per heavy atom. The Morgan fingerprint density at radius 1 is 1.08 bits per heavy atom. The fraction of sp³-hybridized carbons (Fsp3) is 0.778. The van der Waals surface area contributed by atoms with E-state index in [1.54, 1.807) is 0 Å². The SMILES string of the molecule is O=C1CC[C@@]2(CCN1)CNC(=O)C2. The van der Waals surface area contributed by atoms with E-state index >= 15 is 0 Å². The maximum absolute atomic E-state index is 11.1. The normalized spacial score (nSPS) is 34.2. The first-order chi connectivity index (χ1) is 6.20. The molecule has 4 nitrogen and oxygen atoms in total. The first-order valence-electron chi connectivity index (χ1n) is 4.74. The molecule has 0 aromatic heterocycles. The molecule has 2 saturated heterocycles. The van der Waals surface area contributed by atoms with E-state index in [1.807, 2.05) is 0 Å². The lowest BCUT2D eigenvalue weighted by atomic mass is 9.80. The lowest BCUT2D eigenvalue weighted by Gasteiger charge is -2.23. The van der Waals surface area contributed by atoms with Crippen LogP contribution >= 0.6 is 0 Å². The van der Waals surface area contributed by atoms with Crippen LogP contribution in [0.2, 0.25) is 0 Å². The molecule has 72 valence electrons. The number of rotatable bonds is 0. The molecule has 0 aliphatic carbocycles. The summed E-state index contributed by atoms with van der Waals surface area (Å²) in [5, 5.41) is 5.68. The Kier molecular flexibility index (Phi) is 1.98. The number of hydrogen-bond donors (Lipinski definition) is 2. The Balaban J connectivity index is 2.06. The summed E-state index contributed by atoms with van der Waals surface area (Å²) < 4.78 is 0. The van der Waals surface area contributed by atoms with E-state index in [2.05, 4.69) is 10.6 Å². The quantitative estimate of drug-likeness (QED) is 0.544. The second-order valence-electron chi connectivity index (χ2n) is 4.05. The van der Waals surface area contributed by atoms with Gasteiger partial charge in [0.05, 0.1) is 0 Å². The zero-order valence-electron chi connectivity index (χ0n) is 7.56. The van der Waals surface area contributed by atoms with Crippen molar-refractivity contribution < 1.29 is 9.59 Å². The minimum Gasteiger partial charge on any atom is -0.356 e. The molecule has 2 aliphatic heterocycles. The maximum Gasteiger partial charge on any atom is 0.220 e. The van der Waals surface area contributed by atoms with E-state index in [9.17, 15) is 9.59 Å². The molecule has 2 fully saturated rings. The molecule has 13 heavy (non-hydrogen) atoms. The van der Waals surface area contributed by atoms with Crippen LogP contribution in [0.3, 0.4) is 0 Å². The number of hydrogen-bond acceptors (Lipinski definition) is 2. The summed E-state index contributed by atoms with van der Waals surface area (Å²) in [6.45, 7) is 1.47. The maximum atomic E-state index is 11.1. The predicted molar refractivity (Wildman–Crippen MR) is 46.9 cm³/mol. The van der Waals surface area contributed by atoms with Crippen LogP contribution in [-0.4, -0.2) is 24.9 Å². The Hall–Kier alpha value is -1.06. The van der Waals surface area contributed by atoms with E-state index in [0.29, 0.717) is 19.4 Å². The average Bonchev–Trinajstić information content (AvgIpc) is 2.35. The minimum atomic E-state index is 0.0657. The molecule has 2 N–H and O–H groups in total. The zero-order valence-corrected chi connectivity index (χ0v) is 7.56. The third kappa shape index (κ3) is 1.66. The van der Waals surface area contributed by atoms with Crippen molar-refractivity contribution in [2.75, 3.05) is 13.1 Å². The number of carbonyl (C=O) groups is 2. The highest BCUT2D eigenvalue weighted by Crippen LogP contribution is 2.36. The van der Waals surface area contributed by atoms with Gasteiger partial charge >= 0.3 is 0 Å². The van der Waals surface area contributed by atoms with E-state index in [1.165, 1.54) is 0 Å². The Morgan fingerprint density at radius 3 is 2.62 bits per heavy atom. The summed E-state index contributed by atoms with van der Waals surface area (Å²) in [7, 11) is 0. The van der Waals surface area contributed by atoms with Gasteiger partial charge in [-0.15, -0.1) is 0 Å². The summed E-state index contributed by atoms with van der Waals surface area (Å²) in [6, 6.07) is 0. The topological polar surface area (TPSA) is 58.2 Å². The monoisotopic (exact) mass is 182 g/mol. The first kappa shape index (κ1) is 8.53. The Bertz CT molecular complexity index is 246. The van der Waals surface area contributed by atoms with Crippen molar-refractivity contribution in [2.24, 2.45) is 5.41 Å². The minimum absolute atomic E-state index is 0.0657. The van der Waals surface area contributed by atoms with Crippen molar-refractivity contribution in [3.05, 3.63) is 0 Å². The fourth-order valence-corrected chi connectivity index (χ4v) is 2.16. The van der Waals surface area contributed by atoms with Crippen molar-refractivity contribution in [2.45, 2.75) is 25.7 Å². The number of carbonyl (C=O) groups excluding carboxylic acids is 2. The molecule has 2 amide bonds. The fourth-order valence-electron chi connectivity index (χ4n) is 2.16. The van der Waals surface area contributed by atoms with Crippen LogP contribution in [0.1, 0.15) is 25.7 Å². The van der Waals surface area contributed by atoms with Crippen molar-refractivity contribution in [1.29, 1.82) is 0 Å². The van der Waals surface area contributed by atoms with Gasteiger partial charge in [-0.3, -0.25) is 9.59 Å². The van der Waals surface area contributed by atoms with Crippen LogP contribution in [-0.2, 0) is 9.59 Å². The van der Waals surface area contributed by atoms with Crippen molar-refractivity contribution in [3.8, 4) is 0 Å². The molecule has 0 saturated carbocycles. The predicted octanol–water partition coefficient (Wildman–Crippen LogP) is -0.207. The lowest BCUT2D eigenvalue weighted by molar-refractivity contribution is -0.121. The van der Waals surface area contributed by atoms with Gasteiger partial charge in [0.15, 0.2) is 0 Å². The molecule has 2 rings (SSSR count). The lowest BCUT2D eigenvalue weighted by Crippen LogP contribution is -2.25. The van der Waals surface area contributed by atoms with Gasteiger partial charge in [-0.1, -0.05) is 0 Å². The molecular weight excluding hydrogens is 168 g/mol. The van der Waals surface area contributed by atoms with Gasteiger partial charge in [0.25, 0.3) is 0 Å². The van der Waals surface area contributed by atoms with Gasteiger partial charge in [0, 0.05) is 25.9 Å². The largest absolute Gasteiger partial charge is 0.356 e. The number of amides is 2. The summed E-state index contributed by atoms with van der Waals surface area (Å²) >= 11 is 0. The van der Waals surface area contributed by atoms with Crippen molar-refractivity contribution in [3.63, 3.8) is 0 Å². The third-order valence-corrected chi connectivity index (χ3v) is 3.06. The summed E-state index contributed by atoms with van der Waals surface area (Å²) in [4.78, 5) is 22.2. The highest BCUT2D eigenvalue weighted by Gasteiger charge is 2.39. The van der Waals surface area contributed by atoms with E-state index in [-0.39, 0.29) is 17.2 Å². The Labute approximate surface area is 77.1 Å². The highest BCUT2D eigenvalue weighted by atomic mass is 16.2. The molecule has 2 aliphatic rings. The molecule has 0 aromatic rings. The van der Waals surface area contributed by atoms with Crippen molar-refractivity contribution >= 4 is 11.8 Å². The van der Waals surface area contributed by atoms with Gasteiger partial charge in [-0.05, 0) is 18.3 Å². The van der Waals surface area contributed by atoms with Crippen LogP contribution in [0.25, 0.3) is 0 Å². The van der Waals surface area contributed by atoms with Gasteiger partial charge in [0.2, 0.25) is 11.8 Å². The molecule has 2 heterocycles. The molecule has 1 spiro atoms. The molecule has 0 radical (unpaired) electrons. The summed E-state index contributed by atoms with van der Waals surface area (Å²) in [6.07, 6.45) is 2.94. The van der Waals surface area contributed by atoms with Gasteiger partial charge in [-0.2, -0.15) is 0 Å². The van der Waals surface area contributed by atoms with Crippen LogP contribution in [0.5, 0.6) is 0 Å². The standard InChI is InChI=1S/C9H14N2O2/c12-7-1-2-9(3-4-10-7)5-8(13)11-6-9/h1-6H2,(H,10,12)(H,11,13)/t9-/m0/s1. The van der Waals surface area contributed by atoms with Crippen LogP contribution in [0, 0.1) is 5.41 Å². The van der Waals surface area contributed by atoms with Crippen molar-refractivity contribution in [1.82, 2.24) is 10.6 Å². The van der Waals surface area contributed by atoms with Gasteiger partial charge in [-0.25, -0.2) is 0 Å². The summed E-state index contributed by atoms with van der Waals surface area (Å²) in [5.74, 6) is 0.255. The molecular formula is C9H14N2O2. The van der Waals surface area contributed by atoms with E-state index < -0.39 is 0 Å². The molecule has 0 unspecified atom stereocenters. The van der Waals surface area contributed by atoms with E-state index in [0.717, 1.165) is 19.4 Å². The van der Waals surface area contributed by atoms with E-state index in [4.69, 9.17) is 0 Å². The van der Waals surface area contributed by atoms with Gasteiger partial charge in [0.1, 0.15) is 0 Å². The second kappa shape index (κ2) is 3.01. The van der Waals surface area contributed by atoms with Crippen LogP contribution in [0.4, 0.5) is 0 Å². The average molecular weight is 182 g/mol. The molecule has 0 bridgehead atoms. The van der Waals surface area contributed by atoms with Crippen LogP contribution < -0.4 is 10.6 Å². The molecule has 0 aromatic carbocycles. The van der Waals surface area contributed by atoms with Gasteiger partial charge < -0.3 is 10.6 Å². The zero-order chi connectivity index (χ0) is 9.31. The smallest absolute Gasteiger partial charge is 0.220 e. The highest BCUT2D eigenvalue weighted by molar-refractivity contribution is 5.80. The number of nitrogens with one attached hydrogen (secondary N) is 2. The molecule has 4 heteroatoms. The second-order valence-corrected chi connectivity index (χ2v) is 4.05. The first-order valence-corrected chi connectivity index (χ1v) is 4.74. The summed E-state index contributed by atoms with van der Waals surface area (Å²) in [5.41, 5.74) is 0.0657. The third-order valence-electron chi connectivity index (χ3n) is 3.06. The molecule has 1 atom stereocenters.